The van der Waals surface area contributed by atoms with E-state index in [-0.39, 0.29) is 40.9 Å². The number of carbonyl (C=O) groups excluding carboxylic acids is 3. The van der Waals surface area contributed by atoms with Crippen LogP contribution in [0.15, 0.2) is 84.1 Å². The van der Waals surface area contributed by atoms with Crippen LogP contribution in [0.4, 0.5) is 24.7 Å². The smallest absolute Gasteiger partial charge is 0.252 e. The Kier molecular flexibility index (Phi) is 8.78. The molecule has 2 atom stereocenters. The summed E-state index contributed by atoms with van der Waals surface area (Å²) in [5.41, 5.74) is -0.0178. The summed E-state index contributed by atoms with van der Waals surface area (Å²) in [7, 11) is 0. The number of halogens is 4. The minimum absolute atomic E-state index is 0.000981. The number of rotatable bonds is 9. The van der Waals surface area contributed by atoms with Gasteiger partial charge in [-0.2, -0.15) is 0 Å². The number of pyridine rings is 1. The third kappa shape index (κ3) is 6.28. The number of alkyl halides is 2. The summed E-state index contributed by atoms with van der Waals surface area (Å²) in [5.74, 6) is -5.22. The van der Waals surface area contributed by atoms with E-state index < -0.39 is 54.5 Å². The van der Waals surface area contributed by atoms with Crippen molar-refractivity contribution in [3.63, 3.8) is 0 Å². The highest BCUT2D eigenvalue weighted by atomic mass is 35.5. The SMILES string of the molecule is C=C(/C(Cl)=C\C=C/C)[C@@H](C(=O)NC1CC(F)(F)C1)N(C(=O)[C@@H]1CCC(=O)N1c1ccccn1)c1cccc(F)c1. The van der Waals surface area contributed by atoms with Gasteiger partial charge < -0.3 is 5.32 Å². The topological polar surface area (TPSA) is 82.6 Å². The molecule has 4 rings (SSSR count). The van der Waals surface area contributed by atoms with Crippen molar-refractivity contribution < 1.29 is 27.6 Å². The second-order valence-electron chi connectivity index (χ2n) is 9.63. The van der Waals surface area contributed by atoms with Gasteiger partial charge in [0.1, 0.15) is 23.7 Å². The van der Waals surface area contributed by atoms with E-state index in [9.17, 15) is 27.6 Å². The first-order valence-electron chi connectivity index (χ1n) is 12.7. The first kappa shape index (κ1) is 29.1. The van der Waals surface area contributed by atoms with Gasteiger partial charge in [0.25, 0.3) is 11.8 Å². The van der Waals surface area contributed by atoms with Crippen molar-refractivity contribution >= 4 is 40.8 Å². The number of carbonyl (C=O) groups is 3. The van der Waals surface area contributed by atoms with Crippen LogP contribution in [-0.2, 0) is 14.4 Å². The van der Waals surface area contributed by atoms with Gasteiger partial charge in [-0.05, 0) is 55.3 Å². The molecule has 2 fully saturated rings. The summed E-state index contributed by atoms with van der Waals surface area (Å²) in [6, 6.07) is 6.47. The highest BCUT2D eigenvalue weighted by molar-refractivity contribution is 6.32. The van der Waals surface area contributed by atoms with Crippen molar-refractivity contribution in [1.29, 1.82) is 0 Å². The fourth-order valence-electron chi connectivity index (χ4n) is 4.78. The van der Waals surface area contributed by atoms with Gasteiger partial charge in [0.2, 0.25) is 11.8 Å². The molecule has 1 aromatic carbocycles. The lowest BCUT2D eigenvalue weighted by molar-refractivity contribution is -0.132. The summed E-state index contributed by atoms with van der Waals surface area (Å²) < 4.78 is 41.6. The van der Waals surface area contributed by atoms with Gasteiger partial charge in [-0.25, -0.2) is 18.2 Å². The first-order chi connectivity index (χ1) is 19.0. The van der Waals surface area contributed by atoms with Crippen LogP contribution in [0.5, 0.6) is 0 Å². The molecule has 2 aromatic rings. The average molecular weight is 573 g/mol. The summed E-state index contributed by atoms with van der Waals surface area (Å²) in [6.07, 6.45) is 5.27. The Morgan fingerprint density at radius 1 is 1.25 bits per heavy atom. The average Bonchev–Trinajstić information content (AvgIpc) is 3.30. The standard InChI is InChI=1S/C29H28ClF3N4O3/c1-3-4-10-22(30)18(2)26(27(39)35-20-16-29(32,33)17-20)36(21-9-7-8-19(31)15-21)28(40)23-12-13-25(38)37(23)24-11-5-6-14-34-24/h3-11,14-15,20,23,26H,2,12-13,16-17H2,1H3,(H,35,39)/b4-3-,22-10+/t23-,26-/m0/s1. The van der Waals surface area contributed by atoms with Gasteiger partial charge in [0, 0.05) is 42.2 Å². The number of nitrogens with one attached hydrogen (secondary N) is 1. The van der Waals surface area contributed by atoms with Crippen LogP contribution in [0.1, 0.15) is 32.6 Å². The second kappa shape index (κ2) is 12.1. The lowest BCUT2D eigenvalue weighted by atomic mass is 9.87. The number of hydrogen-bond acceptors (Lipinski definition) is 4. The fraction of sp³-hybridized carbons (Fsp3) is 0.310. The van der Waals surface area contributed by atoms with Crippen molar-refractivity contribution in [1.82, 2.24) is 10.3 Å². The number of aromatic nitrogens is 1. The molecule has 0 radical (unpaired) electrons. The largest absolute Gasteiger partial charge is 0.351 e. The number of nitrogens with zero attached hydrogens (tertiary/aromatic N) is 3. The Bertz CT molecular complexity index is 1360. The van der Waals surface area contributed by atoms with E-state index in [0.29, 0.717) is 0 Å². The summed E-state index contributed by atoms with van der Waals surface area (Å²) in [5, 5.41) is 2.59. The maximum Gasteiger partial charge on any atom is 0.252 e. The molecule has 40 heavy (non-hydrogen) atoms. The van der Waals surface area contributed by atoms with Gasteiger partial charge in [0.05, 0.1) is 0 Å². The van der Waals surface area contributed by atoms with E-state index in [1.54, 1.807) is 37.3 Å². The van der Waals surface area contributed by atoms with Crippen LogP contribution in [0.2, 0.25) is 0 Å². The summed E-state index contributed by atoms with van der Waals surface area (Å²) in [6.45, 7) is 5.70. The Morgan fingerprint density at radius 2 is 2.00 bits per heavy atom. The Labute approximate surface area is 235 Å². The van der Waals surface area contributed by atoms with Gasteiger partial charge in [-0.3, -0.25) is 24.2 Å². The van der Waals surface area contributed by atoms with Crippen LogP contribution in [0, 0.1) is 5.82 Å². The lowest BCUT2D eigenvalue weighted by Gasteiger charge is -2.39. The predicted octanol–water partition coefficient (Wildman–Crippen LogP) is 5.29. The number of amides is 3. The number of benzene rings is 1. The van der Waals surface area contributed by atoms with Gasteiger partial charge in [0.15, 0.2) is 0 Å². The van der Waals surface area contributed by atoms with Crippen molar-refractivity contribution in [3.8, 4) is 0 Å². The van der Waals surface area contributed by atoms with Crippen molar-refractivity contribution in [2.45, 2.75) is 56.7 Å². The zero-order valence-corrected chi connectivity index (χ0v) is 22.5. The molecule has 7 nitrogen and oxygen atoms in total. The van der Waals surface area contributed by atoms with Gasteiger partial charge >= 0.3 is 0 Å². The quantitative estimate of drug-likeness (QED) is 0.414. The third-order valence-electron chi connectivity index (χ3n) is 6.73. The predicted molar refractivity (Wildman–Crippen MR) is 146 cm³/mol. The minimum Gasteiger partial charge on any atom is -0.351 e. The van der Waals surface area contributed by atoms with E-state index in [1.807, 2.05) is 0 Å². The molecule has 2 heterocycles. The molecule has 0 bridgehead atoms. The Hall–Kier alpha value is -3.92. The molecule has 1 aromatic heterocycles. The zero-order valence-electron chi connectivity index (χ0n) is 21.7. The number of allylic oxidation sites excluding steroid dienone is 3. The Balaban J connectivity index is 1.80. The lowest BCUT2D eigenvalue weighted by Crippen LogP contribution is -2.59. The van der Waals surface area contributed by atoms with E-state index in [2.05, 4.69) is 16.9 Å². The van der Waals surface area contributed by atoms with E-state index in [1.165, 1.54) is 35.4 Å². The number of anilines is 2. The number of hydrogen-bond donors (Lipinski definition) is 1. The normalized spacial score (nSPS) is 19.8. The van der Waals surface area contributed by atoms with Crippen LogP contribution >= 0.6 is 11.6 Å². The Morgan fingerprint density at radius 3 is 2.62 bits per heavy atom. The zero-order chi connectivity index (χ0) is 29.0. The molecule has 11 heteroatoms. The van der Waals surface area contributed by atoms with Crippen LogP contribution in [-0.4, -0.2) is 46.8 Å². The molecule has 1 N–H and O–H groups in total. The highest BCUT2D eigenvalue weighted by Gasteiger charge is 2.48. The van der Waals surface area contributed by atoms with Crippen LogP contribution in [0.3, 0.4) is 0 Å². The summed E-state index contributed by atoms with van der Waals surface area (Å²) >= 11 is 6.48. The maximum absolute atomic E-state index is 14.5. The molecule has 1 aliphatic heterocycles. The van der Waals surface area contributed by atoms with E-state index in [4.69, 9.17) is 11.6 Å². The molecule has 210 valence electrons. The van der Waals surface area contributed by atoms with Crippen molar-refractivity contribution in [3.05, 3.63) is 89.9 Å². The first-order valence-corrected chi connectivity index (χ1v) is 13.1. The minimum atomic E-state index is -2.90. The van der Waals surface area contributed by atoms with E-state index >= 15 is 0 Å². The second-order valence-corrected chi connectivity index (χ2v) is 10.0. The molecule has 1 saturated heterocycles. The molecule has 1 aliphatic carbocycles. The fourth-order valence-corrected chi connectivity index (χ4v) is 4.96. The highest BCUT2D eigenvalue weighted by Crippen LogP contribution is 2.38. The summed E-state index contributed by atoms with van der Waals surface area (Å²) in [4.78, 5) is 47.4. The molecule has 0 spiro atoms. The van der Waals surface area contributed by atoms with Crippen molar-refractivity contribution in [2.24, 2.45) is 0 Å². The van der Waals surface area contributed by atoms with Crippen LogP contribution in [0.25, 0.3) is 0 Å². The maximum atomic E-state index is 14.5. The third-order valence-corrected chi connectivity index (χ3v) is 7.10. The molecular weight excluding hydrogens is 545 g/mol. The van der Waals surface area contributed by atoms with Gasteiger partial charge in [-0.1, -0.05) is 42.5 Å². The molecular formula is C29H28ClF3N4O3. The van der Waals surface area contributed by atoms with Gasteiger partial charge in [-0.15, -0.1) is 0 Å². The van der Waals surface area contributed by atoms with E-state index in [0.717, 1.165) is 11.0 Å². The molecule has 0 unspecified atom stereocenters. The van der Waals surface area contributed by atoms with Crippen LogP contribution < -0.4 is 15.1 Å². The monoisotopic (exact) mass is 572 g/mol. The molecule has 2 aliphatic rings. The molecule has 1 saturated carbocycles. The molecule has 3 amide bonds. The van der Waals surface area contributed by atoms with Crippen molar-refractivity contribution in [2.75, 3.05) is 9.80 Å².